The summed E-state index contributed by atoms with van der Waals surface area (Å²) in [6.45, 7) is 0. The maximum atomic E-state index is 5.88. The molecule has 2 heterocycles. The molecule has 1 aromatic carbocycles. The number of nitrogens with two attached hydrogens (primary N) is 1. The lowest BCUT2D eigenvalue weighted by atomic mass is 10.2. The first-order valence-electron chi connectivity index (χ1n) is 4.79. The Labute approximate surface area is 101 Å². The second-order valence-electron chi connectivity index (χ2n) is 3.43. The van der Waals surface area contributed by atoms with E-state index in [0.717, 1.165) is 26.1 Å². The first kappa shape index (κ1) is 9.81. The quantitative estimate of drug-likeness (QED) is 0.674. The van der Waals surface area contributed by atoms with Crippen LogP contribution in [0.3, 0.4) is 0 Å². The smallest absolute Gasteiger partial charge is 0.151 e. The first-order chi connectivity index (χ1) is 7.79. The number of hydrogen-bond acceptors (Lipinski definition) is 4. The van der Waals surface area contributed by atoms with E-state index in [-0.39, 0.29) is 0 Å². The summed E-state index contributed by atoms with van der Waals surface area (Å²) in [6.07, 6.45) is 0. The molecule has 0 spiro atoms. The summed E-state index contributed by atoms with van der Waals surface area (Å²) in [6, 6.07) is 7.91. The van der Waals surface area contributed by atoms with E-state index in [4.69, 9.17) is 17.3 Å². The third-order valence-corrected chi connectivity index (χ3v) is 3.92. The van der Waals surface area contributed by atoms with Gasteiger partial charge in [0, 0.05) is 5.39 Å². The minimum atomic E-state index is 0.410. The van der Waals surface area contributed by atoms with Crippen molar-refractivity contribution in [3.63, 3.8) is 0 Å². The zero-order valence-corrected chi connectivity index (χ0v) is 9.85. The van der Waals surface area contributed by atoms with E-state index in [9.17, 15) is 0 Å². The second kappa shape index (κ2) is 3.57. The number of fused-ring (bicyclic) bond motifs is 3. The Hall–Kier alpha value is -1.39. The highest BCUT2D eigenvalue weighted by Crippen LogP contribution is 2.32. The summed E-state index contributed by atoms with van der Waals surface area (Å²) in [5.41, 5.74) is 7.54. The number of anilines is 1. The van der Waals surface area contributed by atoms with Gasteiger partial charge in [0.2, 0.25) is 0 Å². The van der Waals surface area contributed by atoms with E-state index >= 15 is 0 Å². The molecular formula is C11H8ClN3S. The molecule has 16 heavy (non-hydrogen) atoms. The lowest BCUT2D eigenvalue weighted by Crippen LogP contribution is -1.92. The molecule has 0 aliphatic heterocycles. The molecule has 0 bridgehead atoms. The Morgan fingerprint density at radius 2 is 2.06 bits per heavy atom. The summed E-state index contributed by atoms with van der Waals surface area (Å²) in [5.74, 6) is 0.883. The predicted molar refractivity (Wildman–Crippen MR) is 68.9 cm³/mol. The monoisotopic (exact) mass is 249 g/mol. The van der Waals surface area contributed by atoms with Crippen molar-refractivity contribution >= 4 is 49.9 Å². The highest BCUT2D eigenvalue weighted by molar-refractivity contribution is 7.19. The molecule has 0 atom stereocenters. The highest BCUT2D eigenvalue weighted by Gasteiger charge is 2.11. The van der Waals surface area contributed by atoms with Crippen LogP contribution in [0.4, 0.5) is 5.82 Å². The zero-order valence-electron chi connectivity index (χ0n) is 8.27. The summed E-state index contributed by atoms with van der Waals surface area (Å²) in [5, 5.41) is 1.96. The molecule has 0 unspecified atom stereocenters. The molecule has 2 aromatic heterocycles. The van der Waals surface area contributed by atoms with E-state index in [2.05, 4.69) is 9.97 Å². The first-order valence-corrected chi connectivity index (χ1v) is 6.14. The molecule has 0 amide bonds. The molecule has 0 radical (unpaired) electrons. The van der Waals surface area contributed by atoms with Gasteiger partial charge >= 0.3 is 0 Å². The molecule has 3 aromatic rings. The van der Waals surface area contributed by atoms with Crippen LogP contribution in [-0.4, -0.2) is 9.97 Å². The third-order valence-electron chi connectivity index (χ3n) is 2.42. The van der Waals surface area contributed by atoms with Gasteiger partial charge in [0.15, 0.2) is 5.82 Å². The van der Waals surface area contributed by atoms with Crippen molar-refractivity contribution in [1.82, 2.24) is 9.97 Å². The number of para-hydroxylation sites is 1. The average molecular weight is 250 g/mol. The number of aromatic nitrogens is 2. The van der Waals surface area contributed by atoms with Crippen molar-refractivity contribution in [2.24, 2.45) is 0 Å². The van der Waals surface area contributed by atoms with Crippen LogP contribution in [-0.2, 0) is 5.88 Å². The number of nitrogen functional groups attached to an aromatic ring is 1. The van der Waals surface area contributed by atoms with Crippen LogP contribution >= 0.6 is 22.9 Å². The average Bonchev–Trinajstić information content (AvgIpc) is 2.74. The predicted octanol–water partition coefficient (Wildman–Crippen LogP) is 3.17. The van der Waals surface area contributed by atoms with Crippen LogP contribution in [0, 0.1) is 0 Å². The summed E-state index contributed by atoms with van der Waals surface area (Å²) in [7, 11) is 0. The molecule has 0 fully saturated rings. The molecule has 0 saturated carbocycles. The van der Waals surface area contributed by atoms with E-state index in [1.807, 2.05) is 24.3 Å². The van der Waals surface area contributed by atoms with Gasteiger partial charge in [0.25, 0.3) is 0 Å². The van der Waals surface area contributed by atoms with Gasteiger partial charge < -0.3 is 5.73 Å². The van der Waals surface area contributed by atoms with Crippen molar-refractivity contribution in [3.8, 4) is 0 Å². The lowest BCUT2D eigenvalue weighted by Gasteiger charge is -1.99. The molecule has 0 aliphatic rings. The Morgan fingerprint density at radius 3 is 2.88 bits per heavy atom. The highest BCUT2D eigenvalue weighted by atomic mass is 35.5. The number of thiazole rings is 1. The SMILES string of the molecule is Nc1nc2ccccc2c2sc(CCl)nc12. The van der Waals surface area contributed by atoms with Crippen molar-refractivity contribution in [1.29, 1.82) is 0 Å². The fraction of sp³-hybridized carbons (Fsp3) is 0.0909. The maximum Gasteiger partial charge on any atom is 0.151 e. The number of alkyl halides is 1. The zero-order chi connectivity index (χ0) is 11.1. The van der Waals surface area contributed by atoms with E-state index < -0.39 is 0 Å². The van der Waals surface area contributed by atoms with Gasteiger partial charge in [-0.15, -0.1) is 22.9 Å². The van der Waals surface area contributed by atoms with E-state index in [0.29, 0.717) is 11.7 Å². The Morgan fingerprint density at radius 1 is 1.25 bits per heavy atom. The van der Waals surface area contributed by atoms with Gasteiger partial charge in [0.05, 0.1) is 16.1 Å². The van der Waals surface area contributed by atoms with Crippen LogP contribution in [0.25, 0.3) is 21.1 Å². The van der Waals surface area contributed by atoms with Gasteiger partial charge in [-0.25, -0.2) is 9.97 Å². The standard InChI is InChI=1S/C11H8ClN3S/c12-5-8-15-9-10(16-8)6-3-1-2-4-7(6)14-11(9)13/h1-4H,5H2,(H2,13,14). The van der Waals surface area contributed by atoms with Crippen molar-refractivity contribution in [3.05, 3.63) is 29.3 Å². The Balaban J connectivity index is 2.52. The van der Waals surface area contributed by atoms with Crippen LogP contribution in [0.1, 0.15) is 5.01 Å². The van der Waals surface area contributed by atoms with E-state index in [1.54, 1.807) is 11.3 Å². The minimum absolute atomic E-state index is 0.410. The lowest BCUT2D eigenvalue weighted by molar-refractivity contribution is 1.29. The summed E-state index contributed by atoms with van der Waals surface area (Å²) < 4.78 is 1.07. The topological polar surface area (TPSA) is 51.8 Å². The van der Waals surface area contributed by atoms with Crippen LogP contribution in [0.2, 0.25) is 0 Å². The second-order valence-corrected chi connectivity index (χ2v) is 4.78. The number of nitrogens with zero attached hydrogens (tertiary/aromatic N) is 2. The molecule has 0 aliphatic carbocycles. The van der Waals surface area contributed by atoms with Gasteiger partial charge in [-0.1, -0.05) is 18.2 Å². The molecule has 0 saturated heterocycles. The molecule has 5 heteroatoms. The van der Waals surface area contributed by atoms with Crippen LogP contribution < -0.4 is 5.73 Å². The summed E-state index contributed by atoms with van der Waals surface area (Å²) in [4.78, 5) is 8.71. The van der Waals surface area contributed by atoms with Crippen LogP contribution in [0.5, 0.6) is 0 Å². The maximum absolute atomic E-state index is 5.88. The molecule has 80 valence electrons. The van der Waals surface area contributed by atoms with Crippen molar-refractivity contribution in [2.45, 2.75) is 5.88 Å². The Kier molecular flexibility index (Phi) is 2.19. The molecule has 3 rings (SSSR count). The number of pyridine rings is 1. The van der Waals surface area contributed by atoms with Gasteiger partial charge in [0.1, 0.15) is 10.5 Å². The number of rotatable bonds is 1. The summed E-state index contributed by atoms with van der Waals surface area (Å²) >= 11 is 7.37. The van der Waals surface area contributed by atoms with Crippen molar-refractivity contribution < 1.29 is 0 Å². The molecular weight excluding hydrogens is 242 g/mol. The van der Waals surface area contributed by atoms with Crippen LogP contribution in [0.15, 0.2) is 24.3 Å². The van der Waals surface area contributed by atoms with Gasteiger partial charge in [-0.2, -0.15) is 0 Å². The third kappa shape index (κ3) is 1.34. The van der Waals surface area contributed by atoms with E-state index in [1.165, 1.54) is 0 Å². The van der Waals surface area contributed by atoms with Gasteiger partial charge in [-0.05, 0) is 6.07 Å². The minimum Gasteiger partial charge on any atom is -0.382 e. The van der Waals surface area contributed by atoms with Crippen molar-refractivity contribution in [2.75, 3.05) is 5.73 Å². The van der Waals surface area contributed by atoms with Gasteiger partial charge in [-0.3, -0.25) is 0 Å². The largest absolute Gasteiger partial charge is 0.382 e. The fourth-order valence-electron chi connectivity index (χ4n) is 1.72. The molecule has 3 nitrogen and oxygen atoms in total. The fourth-order valence-corrected chi connectivity index (χ4v) is 2.90. The number of hydrogen-bond donors (Lipinski definition) is 1. The normalized spacial score (nSPS) is 11.3. The molecule has 2 N–H and O–H groups in total. The number of benzene rings is 1. The number of halogens is 1. The Bertz CT molecular complexity index is 677.